The van der Waals surface area contributed by atoms with E-state index in [-0.39, 0.29) is 12.3 Å². The number of aliphatic carboxylic acids is 1. The molecule has 0 saturated heterocycles. The Labute approximate surface area is 126 Å². The Bertz CT molecular complexity index is 834. The minimum atomic E-state index is -0.879. The van der Waals surface area contributed by atoms with Crippen LogP contribution in [0.25, 0.3) is 10.9 Å². The lowest BCUT2D eigenvalue weighted by atomic mass is 10.1. The van der Waals surface area contributed by atoms with Crippen molar-refractivity contribution in [2.24, 2.45) is 0 Å². The van der Waals surface area contributed by atoms with Gasteiger partial charge in [-0.1, -0.05) is 30.3 Å². The highest BCUT2D eigenvalue weighted by Crippen LogP contribution is 2.19. The monoisotopic (exact) mass is 294 g/mol. The van der Waals surface area contributed by atoms with Gasteiger partial charge in [-0.05, 0) is 23.8 Å². The third-order valence-electron chi connectivity index (χ3n) is 3.40. The zero-order valence-electron chi connectivity index (χ0n) is 11.7. The first kappa shape index (κ1) is 13.9. The van der Waals surface area contributed by atoms with Crippen LogP contribution in [0.5, 0.6) is 0 Å². The predicted molar refractivity (Wildman–Crippen MR) is 84.0 cm³/mol. The highest BCUT2D eigenvalue weighted by atomic mass is 16.4. The summed E-state index contributed by atoms with van der Waals surface area (Å²) < 4.78 is 0. The number of hydrogen-bond acceptors (Lipinski definition) is 2. The van der Waals surface area contributed by atoms with E-state index in [0.29, 0.717) is 16.8 Å². The van der Waals surface area contributed by atoms with E-state index in [1.807, 2.05) is 24.3 Å². The number of hydrogen-bond donors (Lipinski definition) is 3. The van der Waals surface area contributed by atoms with Crippen LogP contribution >= 0.6 is 0 Å². The Kier molecular flexibility index (Phi) is 3.62. The molecule has 2 aromatic carbocycles. The van der Waals surface area contributed by atoms with Gasteiger partial charge in [-0.3, -0.25) is 9.59 Å². The quantitative estimate of drug-likeness (QED) is 0.691. The summed E-state index contributed by atoms with van der Waals surface area (Å²) in [6.45, 7) is 0. The molecule has 0 radical (unpaired) electrons. The summed E-state index contributed by atoms with van der Waals surface area (Å²) in [5, 5.41) is 12.4. The maximum atomic E-state index is 12.3. The molecule has 3 rings (SSSR count). The second-order valence-electron chi connectivity index (χ2n) is 4.97. The number of rotatable bonds is 4. The van der Waals surface area contributed by atoms with E-state index < -0.39 is 5.97 Å². The summed E-state index contributed by atoms with van der Waals surface area (Å²) in [7, 11) is 0. The van der Waals surface area contributed by atoms with Crippen molar-refractivity contribution in [2.75, 3.05) is 5.32 Å². The molecule has 3 N–H and O–H groups in total. The first-order chi connectivity index (χ1) is 10.6. The molecular formula is C17H14N2O3. The van der Waals surface area contributed by atoms with Crippen LogP contribution in [0.2, 0.25) is 0 Å². The lowest BCUT2D eigenvalue weighted by molar-refractivity contribution is -0.136. The van der Waals surface area contributed by atoms with Crippen molar-refractivity contribution < 1.29 is 14.7 Å². The number of aromatic amines is 1. The molecule has 0 aliphatic rings. The minimum absolute atomic E-state index is 0.0311. The maximum absolute atomic E-state index is 12.3. The van der Waals surface area contributed by atoms with Crippen LogP contribution in [0, 0.1) is 0 Å². The number of carboxylic acids is 1. The molecule has 3 aromatic rings. The van der Waals surface area contributed by atoms with Gasteiger partial charge in [-0.25, -0.2) is 0 Å². The minimum Gasteiger partial charge on any atom is -0.481 e. The Morgan fingerprint density at radius 1 is 1.05 bits per heavy atom. The molecule has 22 heavy (non-hydrogen) atoms. The molecule has 110 valence electrons. The zero-order valence-corrected chi connectivity index (χ0v) is 11.7. The number of para-hydroxylation sites is 1. The van der Waals surface area contributed by atoms with E-state index in [9.17, 15) is 9.59 Å². The number of carbonyl (C=O) groups is 2. The topological polar surface area (TPSA) is 82.2 Å². The lowest BCUT2D eigenvalue weighted by Crippen LogP contribution is -2.11. The smallest absolute Gasteiger partial charge is 0.307 e. The van der Waals surface area contributed by atoms with Crippen molar-refractivity contribution in [3.63, 3.8) is 0 Å². The fourth-order valence-corrected chi connectivity index (χ4v) is 2.34. The van der Waals surface area contributed by atoms with Gasteiger partial charge in [-0.15, -0.1) is 0 Å². The molecular weight excluding hydrogens is 280 g/mol. The number of H-pyrrole nitrogens is 1. The average molecular weight is 294 g/mol. The fourth-order valence-electron chi connectivity index (χ4n) is 2.34. The van der Waals surface area contributed by atoms with Crippen molar-refractivity contribution in [1.82, 2.24) is 4.98 Å². The second-order valence-corrected chi connectivity index (χ2v) is 4.97. The van der Waals surface area contributed by atoms with E-state index in [2.05, 4.69) is 10.3 Å². The predicted octanol–water partition coefficient (Wildman–Crippen LogP) is 3.05. The summed E-state index contributed by atoms with van der Waals surface area (Å²) in [6, 6.07) is 14.4. The Hall–Kier alpha value is -3.08. The molecule has 1 aromatic heterocycles. The number of nitrogens with one attached hydrogen (secondary N) is 2. The molecule has 0 bridgehead atoms. The lowest BCUT2D eigenvalue weighted by Gasteiger charge is -2.05. The molecule has 1 heterocycles. The van der Waals surface area contributed by atoms with E-state index in [4.69, 9.17) is 5.11 Å². The first-order valence-electron chi connectivity index (χ1n) is 6.82. The summed E-state index contributed by atoms with van der Waals surface area (Å²) >= 11 is 0. The molecule has 5 nitrogen and oxygen atoms in total. The van der Waals surface area contributed by atoms with Crippen LogP contribution < -0.4 is 5.32 Å². The molecule has 0 aliphatic heterocycles. The van der Waals surface area contributed by atoms with Crippen molar-refractivity contribution in [3.8, 4) is 0 Å². The van der Waals surface area contributed by atoms with Gasteiger partial charge in [0.05, 0.1) is 12.0 Å². The molecule has 0 aliphatic carbocycles. The summed E-state index contributed by atoms with van der Waals surface area (Å²) in [4.78, 5) is 26.0. The van der Waals surface area contributed by atoms with Gasteiger partial charge in [0, 0.05) is 22.8 Å². The molecule has 0 spiro atoms. The van der Waals surface area contributed by atoms with E-state index >= 15 is 0 Å². The van der Waals surface area contributed by atoms with E-state index in [1.165, 1.54) is 0 Å². The number of carboxylic acid groups (broad SMARTS) is 1. The Morgan fingerprint density at radius 3 is 2.50 bits per heavy atom. The van der Waals surface area contributed by atoms with Crippen LogP contribution in [-0.2, 0) is 11.2 Å². The molecule has 5 heteroatoms. The van der Waals surface area contributed by atoms with E-state index in [0.717, 1.165) is 10.9 Å². The maximum Gasteiger partial charge on any atom is 0.307 e. The number of carbonyl (C=O) groups excluding carboxylic acids is 1. The van der Waals surface area contributed by atoms with Crippen molar-refractivity contribution in [2.45, 2.75) is 6.42 Å². The Balaban J connectivity index is 1.78. The van der Waals surface area contributed by atoms with Crippen molar-refractivity contribution in [1.29, 1.82) is 0 Å². The summed E-state index contributed by atoms with van der Waals surface area (Å²) in [6.07, 6.45) is 1.65. The van der Waals surface area contributed by atoms with Crippen LogP contribution in [0.4, 0.5) is 5.69 Å². The molecule has 0 atom stereocenters. The second kappa shape index (κ2) is 5.73. The van der Waals surface area contributed by atoms with Gasteiger partial charge in [0.2, 0.25) is 0 Å². The normalized spacial score (nSPS) is 10.5. The van der Waals surface area contributed by atoms with E-state index in [1.54, 1.807) is 30.5 Å². The third-order valence-corrected chi connectivity index (χ3v) is 3.40. The Morgan fingerprint density at radius 2 is 1.77 bits per heavy atom. The highest BCUT2D eigenvalue weighted by molar-refractivity contribution is 6.12. The largest absolute Gasteiger partial charge is 0.481 e. The SMILES string of the molecule is O=C(O)Cc1ccc(NC(=O)c2c[nH]c3ccccc23)cc1. The van der Waals surface area contributed by atoms with Crippen LogP contribution in [0.1, 0.15) is 15.9 Å². The summed E-state index contributed by atoms with van der Waals surface area (Å²) in [5.74, 6) is -1.08. The summed E-state index contributed by atoms with van der Waals surface area (Å²) in [5.41, 5.74) is 2.80. The zero-order chi connectivity index (χ0) is 15.5. The van der Waals surface area contributed by atoms with Gasteiger partial charge in [-0.2, -0.15) is 0 Å². The van der Waals surface area contributed by atoms with Gasteiger partial charge in [0.25, 0.3) is 5.91 Å². The number of fused-ring (bicyclic) bond motifs is 1. The molecule has 1 amide bonds. The number of benzene rings is 2. The standard InChI is InChI=1S/C17H14N2O3/c20-16(21)9-11-5-7-12(8-6-11)19-17(22)14-10-18-15-4-2-1-3-13(14)15/h1-8,10,18H,9H2,(H,19,22)(H,20,21). The van der Waals surface area contributed by atoms with Gasteiger partial charge in [0.1, 0.15) is 0 Å². The number of amides is 1. The average Bonchev–Trinajstić information content (AvgIpc) is 2.93. The van der Waals surface area contributed by atoms with Crippen molar-refractivity contribution in [3.05, 3.63) is 65.9 Å². The van der Waals surface area contributed by atoms with Crippen LogP contribution in [-0.4, -0.2) is 22.0 Å². The number of anilines is 1. The number of aromatic nitrogens is 1. The van der Waals surface area contributed by atoms with Gasteiger partial charge >= 0.3 is 5.97 Å². The fraction of sp³-hybridized carbons (Fsp3) is 0.0588. The van der Waals surface area contributed by atoms with Gasteiger partial charge < -0.3 is 15.4 Å². The van der Waals surface area contributed by atoms with Gasteiger partial charge in [0.15, 0.2) is 0 Å². The van der Waals surface area contributed by atoms with Crippen LogP contribution in [0.15, 0.2) is 54.7 Å². The molecule has 0 saturated carbocycles. The first-order valence-corrected chi connectivity index (χ1v) is 6.82. The van der Waals surface area contributed by atoms with Crippen molar-refractivity contribution >= 4 is 28.5 Å². The third kappa shape index (κ3) is 2.83. The molecule has 0 fully saturated rings. The van der Waals surface area contributed by atoms with Crippen LogP contribution in [0.3, 0.4) is 0 Å². The molecule has 0 unspecified atom stereocenters. The highest BCUT2D eigenvalue weighted by Gasteiger charge is 2.11.